The van der Waals surface area contributed by atoms with Crippen LogP contribution in [0.3, 0.4) is 0 Å². The maximum absolute atomic E-state index is 13.1. The fourth-order valence-electron chi connectivity index (χ4n) is 2.56. The van der Waals surface area contributed by atoms with Crippen molar-refractivity contribution in [2.24, 2.45) is 0 Å². The maximum atomic E-state index is 13.1. The molecule has 0 unspecified atom stereocenters. The second-order valence-corrected chi connectivity index (χ2v) is 5.87. The second kappa shape index (κ2) is 7.38. The van der Waals surface area contributed by atoms with Gasteiger partial charge in [-0.1, -0.05) is 35.7 Å². The number of rotatable bonds is 4. The van der Waals surface area contributed by atoms with Gasteiger partial charge in [0.05, 0.1) is 28.2 Å². The van der Waals surface area contributed by atoms with E-state index in [4.69, 9.17) is 18.0 Å². The Kier molecular flexibility index (Phi) is 5.01. The number of nitrogens with zero attached hydrogens (tertiary/aromatic N) is 2. The van der Waals surface area contributed by atoms with Gasteiger partial charge in [0.15, 0.2) is 0 Å². The number of benzene rings is 2. The van der Waals surface area contributed by atoms with Crippen LogP contribution in [0.25, 0.3) is 10.8 Å². The standard InChI is InChI=1S/C19H13ClFN3O2/c1-2-9-24-19(26)14-6-4-3-5-13(14)17(23-24)11-22-18(25)15-8-7-12(21)10-16(15)20/h1,3-8,10H,9,11H2,(H,22,25). The average molecular weight is 370 g/mol. The number of carbonyl (C=O) groups is 1. The van der Waals surface area contributed by atoms with Crippen molar-refractivity contribution in [2.75, 3.05) is 0 Å². The molecule has 0 atom stereocenters. The number of fused-ring (bicyclic) bond motifs is 1. The summed E-state index contributed by atoms with van der Waals surface area (Å²) in [7, 11) is 0. The predicted octanol–water partition coefficient (Wildman–Crippen LogP) is 2.75. The van der Waals surface area contributed by atoms with E-state index in [0.29, 0.717) is 16.5 Å². The molecule has 130 valence electrons. The minimum absolute atomic E-state index is 0.0117. The van der Waals surface area contributed by atoms with E-state index < -0.39 is 11.7 Å². The summed E-state index contributed by atoms with van der Waals surface area (Å²) in [4.78, 5) is 24.7. The molecule has 0 aliphatic rings. The van der Waals surface area contributed by atoms with E-state index in [-0.39, 0.29) is 29.2 Å². The van der Waals surface area contributed by atoms with E-state index in [2.05, 4.69) is 16.3 Å². The first-order valence-electron chi connectivity index (χ1n) is 7.66. The fraction of sp³-hybridized carbons (Fsp3) is 0.105. The number of hydrogen-bond acceptors (Lipinski definition) is 3. The lowest BCUT2D eigenvalue weighted by Crippen LogP contribution is -2.28. The molecule has 3 rings (SSSR count). The van der Waals surface area contributed by atoms with Crippen molar-refractivity contribution in [1.29, 1.82) is 0 Å². The van der Waals surface area contributed by atoms with E-state index in [1.807, 2.05) is 0 Å². The van der Waals surface area contributed by atoms with E-state index in [0.717, 1.165) is 12.1 Å². The van der Waals surface area contributed by atoms with Crippen molar-refractivity contribution >= 4 is 28.3 Å². The molecule has 7 heteroatoms. The Balaban J connectivity index is 1.93. The lowest BCUT2D eigenvalue weighted by Gasteiger charge is -2.11. The normalized spacial score (nSPS) is 10.5. The van der Waals surface area contributed by atoms with Gasteiger partial charge in [-0.05, 0) is 24.3 Å². The van der Waals surface area contributed by atoms with Crippen molar-refractivity contribution in [1.82, 2.24) is 15.1 Å². The predicted molar refractivity (Wildman–Crippen MR) is 97.4 cm³/mol. The number of terminal acetylenes is 1. The van der Waals surface area contributed by atoms with Gasteiger partial charge in [0, 0.05) is 5.39 Å². The summed E-state index contributed by atoms with van der Waals surface area (Å²) < 4.78 is 14.3. The van der Waals surface area contributed by atoms with Gasteiger partial charge < -0.3 is 5.32 Å². The number of nitrogens with one attached hydrogen (secondary N) is 1. The molecule has 1 N–H and O–H groups in total. The Morgan fingerprint density at radius 1 is 1.27 bits per heavy atom. The monoisotopic (exact) mass is 369 g/mol. The third-order valence-electron chi connectivity index (χ3n) is 3.78. The van der Waals surface area contributed by atoms with Gasteiger partial charge in [-0.3, -0.25) is 9.59 Å². The molecule has 0 spiro atoms. The Hall–Kier alpha value is -3.17. The van der Waals surface area contributed by atoms with Crippen LogP contribution in [0.4, 0.5) is 4.39 Å². The minimum atomic E-state index is -0.527. The molecule has 1 amide bonds. The summed E-state index contributed by atoms with van der Waals surface area (Å²) >= 11 is 5.90. The molecule has 0 aliphatic heterocycles. The van der Waals surface area contributed by atoms with Crippen LogP contribution in [0, 0.1) is 18.2 Å². The number of hydrogen-bond donors (Lipinski definition) is 1. The highest BCUT2D eigenvalue weighted by molar-refractivity contribution is 6.33. The van der Waals surface area contributed by atoms with E-state index >= 15 is 0 Å². The molecule has 0 bridgehead atoms. The minimum Gasteiger partial charge on any atom is -0.346 e. The molecular formula is C19H13ClFN3O2. The molecule has 26 heavy (non-hydrogen) atoms. The van der Waals surface area contributed by atoms with Gasteiger partial charge in [0.25, 0.3) is 11.5 Å². The quantitative estimate of drug-likeness (QED) is 0.719. The van der Waals surface area contributed by atoms with Crippen LogP contribution in [0.15, 0.2) is 47.3 Å². The van der Waals surface area contributed by atoms with Gasteiger partial charge in [0.2, 0.25) is 0 Å². The summed E-state index contributed by atoms with van der Waals surface area (Å²) in [5, 5.41) is 8.02. The molecular weight excluding hydrogens is 357 g/mol. The Bertz CT molecular complexity index is 1100. The molecule has 5 nitrogen and oxygen atoms in total. The number of aromatic nitrogens is 2. The van der Waals surface area contributed by atoms with Gasteiger partial charge in [-0.15, -0.1) is 6.42 Å². The van der Waals surface area contributed by atoms with Gasteiger partial charge in [-0.25, -0.2) is 9.07 Å². The smallest absolute Gasteiger partial charge is 0.275 e. The summed E-state index contributed by atoms with van der Waals surface area (Å²) in [6, 6.07) is 10.5. The molecule has 0 saturated carbocycles. The number of amides is 1. The molecule has 0 fully saturated rings. The SMILES string of the molecule is C#CCn1nc(CNC(=O)c2ccc(F)cc2Cl)c2ccccc2c1=O. The summed E-state index contributed by atoms with van der Waals surface area (Å²) in [5.41, 5.74) is 0.339. The lowest BCUT2D eigenvalue weighted by atomic mass is 10.1. The highest BCUT2D eigenvalue weighted by Gasteiger charge is 2.14. The topological polar surface area (TPSA) is 64.0 Å². The molecule has 0 radical (unpaired) electrons. The summed E-state index contributed by atoms with van der Waals surface area (Å²) in [6.07, 6.45) is 5.29. The zero-order chi connectivity index (χ0) is 18.7. The molecule has 1 aromatic heterocycles. The van der Waals surface area contributed by atoms with Crippen LogP contribution in [-0.2, 0) is 13.1 Å². The van der Waals surface area contributed by atoms with Crippen LogP contribution in [0.1, 0.15) is 16.1 Å². The highest BCUT2D eigenvalue weighted by Crippen LogP contribution is 2.18. The van der Waals surface area contributed by atoms with Crippen molar-refractivity contribution in [3.8, 4) is 12.3 Å². The van der Waals surface area contributed by atoms with Crippen molar-refractivity contribution in [2.45, 2.75) is 13.1 Å². The van der Waals surface area contributed by atoms with Crippen molar-refractivity contribution in [3.05, 3.63) is 74.9 Å². The summed E-state index contributed by atoms with van der Waals surface area (Å²) in [5.74, 6) is 1.38. The second-order valence-electron chi connectivity index (χ2n) is 5.47. The summed E-state index contributed by atoms with van der Waals surface area (Å²) in [6.45, 7) is 0.0757. The van der Waals surface area contributed by atoms with Crippen molar-refractivity contribution < 1.29 is 9.18 Å². The van der Waals surface area contributed by atoms with E-state index in [1.165, 1.54) is 10.7 Å². The molecule has 1 heterocycles. The van der Waals surface area contributed by atoms with Crippen LogP contribution >= 0.6 is 11.6 Å². The largest absolute Gasteiger partial charge is 0.346 e. The lowest BCUT2D eigenvalue weighted by molar-refractivity contribution is 0.0950. The maximum Gasteiger partial charge on any atom is 0.275 e. The molecule has 2 aromatic carbocycles. The molecule has 3 aromatic rings. The van der Waals surface area contributed by atoms with E-state index in [1.54, 1.807) is 24.3 Å². The average Bonchev–Trinajstić information content (AvgIpc) is 2.63. The van der Waals surface area contributed by atoms with Crippen LogP contribution in [-0.4, -0.2) is 15.7 Å². The Morgan fingerprint density at radius 3 is 2.69 bits per heavy atom. The molecule has 0 aliphatic carbocycles. The van der Waals surface area contributed by atoms with Gasteiger partial charge >= 0.3 is 0 Å². The first-order valence-corrected chi connectivity index (χ1v) is 8.04. The number of carbonyl (C=O) groups excluding carboxylic acids is 1. The highest BCUT2D eigenvalue weighted by atomic mass is 35.5. The molecule has 0 saturated heterocycles. The Morgan fingerprint density at radius 2 is 2.00 bits per heavy atom. The first-order chi connectivity index (χ1) is 12.5. The zero-order valence-corrected chi connectivity index (χ0v) is 14.3. The Labute approximate surface area is 153 Å². The van der Waals surface area contributed by atoms with Crippen LogP contribution < -0.4 is 10.9 Å². The fourth-order valence-corrected chi connectivity index (χ4v) is 2.82. The van der Waals surface area contributed by atoms with Crippen LogP contribution in [0.2, 0.25) is 5.02 Å². The third-order valence-corrected chi connectivity index (χ3v) is 4.09. The number of halogens is 2. The zero-order valence-electron chi connectivity index (χ0n) is 13.5. The van der Waals surface area contributed by atoms with Crippen molar-refractivity contribution in [3.63, 3.8) is 0 Å². The van der Waals surface area contributed by atoms with Crippen LogP contribution in [0.5, 0.6) is 0 Å². The van der Waals surface area contributed by atoms with Gasteiger partial charge in [0.1, 0.15) is 12.4 Å². The third kappa shape index (κ3) is 3.44. The van der Waals surface area contributed by atoms with Gasteiger partial charge in [-0.2, -0.15) is 5.10 Å². The van der Waals surface area contributed by atoms with E-state index in [9.17, 15) is 14.0 Å². The first kappa shape index (κ1) is 17.6.